The first kappa shape index (κ1) is 11.6. The summed E-state index contributed by atoms with van der Waals surface area (Å²) in [6.45, 7) is 6.58. The number of rotatable bonds is 3. The fraction of sp³-hybridized carbons (Fsp3) is 0.545. The number of amides is 2. The van der Waals surface area contributed by atoms with E-state index in [1.165, 1.54) is 0 Å². The number of hydrogen-bond acceptors (Lipinski definition) is 3. The molecule has 1 saturated heterocycles. The SMILES string of the molecule is CCN1C(=O)NC(=N)C1c1cncn1C(C)C. The zero-order chi connectivity index (χ0) is 12.6. The molecule has 0 saturated carbocycles. The highest BCUT2D eigenvalue weighted by Gasteiger charge is 2.37. The second-order valence-corrected chi connectivity index (χ2v) is 4.35. The monoisotopic (exact) mass is 235 g/mol. The Hall–Kier alpha value is -1.85. The summed E-state index contributed by atoms with van der Waals surface area (Å²) in [5.74, 6) is 0.222. The Bertz CT molecular complexity index is 450. The third kappa shape index (κ3) is 1.79. The van der Waals surface area contributed by atoms with Crippen molar-refractivity contribution in [1.29, 1.82) is 5.41 Å². The maximum Gasteiger partial charge on any atom is 0.323 e. The summed E-state index contributed by atoms with van der Waals surface area (Å²) in [4.78, 5) is 17.4. The van der Waals surface area contributed by atoms with Crippen LogP contribution >= 0.6 is 0 Å². The maximum absolute atomic E-state index is 11.6. The molecule has 17 heavy (non-hydrogen) atoms. The highest BCUT2D eigenvalue weighted by molar-refractivity contribution is 6.05. The minimum absolute atomic E-state index is 0.209. The van der Waals surface area contributed by atoms with Gasteiger partial charge in [-0.2, -0.15) is 0 Å². The Balaban J connectivity index is 2.41. The van der Waals surface area contributed by atoms with Crippen molar-refractivity contribution in [3.8, 4) is 0 Å². The van der Waals surface area contributed by atoms with Gasteiger partial charge < -0.3 is 9.47 Å². The first-order valence-electron chi connectivity index (χ1n) is 5.74. The summed E-state index contributed by atoms with van der Waals surface area (Å²) >= 11 is 0. The Morgan fingerprint density at radius 3 is 2.88 bits per heavy atom. The van der Waals surface area contributed by atoms with Gasteiger partial charge >= 0.3 is 6.03 Å². The fourth-order valence-corrected chi connectivity index (χ4v) is 2.12. The number of urea groups is 1. The minimum Gasteiger partial charge on any atom is -0.330 e. The third-order valence-corrected chi connectivity index (χ3v) is 2.96. The van der Waals surface area contributed by atoms with Crippen LogP contribution in [-0.4, -0.2) is 32.9 Å². The second-order valence-electron chi connectivity index (χ2n) is 4.35. The van der Waals surface area contributed by atoms with Gasteiger partial charge in [0.05, 0.1) is 18.2 Å². The number of carbonyl (C=O) groups excluding carboxylic acids is 1. The molecule has 2 heterocycles. The zero-order valence-corrected chi connectivity index (χ0v) is 10.3. The molecule has 1 fully saturated rings. The molecule has 2 N–H and O–H groups in total. The van der Waals surface area contributed by atoms with E-state index in [0.717, 1.165) is 5.69 Å². The standard InChI is InChI=1S/C11H17N5O/c1-4-15-9(10(12)14-11(15)17)8-5-13-6-16(8)7(2)3/h5-7,9H,4H2,1-3H3,(H2,12,14,17). The third-order valence-electron chi connectivity index (χ3n) is 2.96. The number of carbonyl (C=O) groups is 1. The molecule has 0 bridgehead atoms. The van der Waals surface area contributed by atoms with Gasteiger partial charge in [-0.15, -0.1) is 0 Å². The summed E-state index contributed by atoms with van der Waals surface area (Å²) < 4.78 is 1.99. The lowest BCUT2D eigenvalue weighted by atomic mass is 10.2. The lowest BCUT2D eigenvalue weighted by molar-refractivity contribution is 0.207. The van der Waals surface area contributed by atoms with Gasteiger partial charge in [0.1, 0.15) is 11.9 Å². The zero-order valence-electron chi connectivity index (χ0n) is 10.3. The molecule has 1 aromatic heterocycles. The molecule has 2 rings (SSSR count). The van der Waals surface area contributed by atoms with E-state index in [9.17, 15) is 4.79 Å². The first-order chi connectivity index (χ1) is 8.06. The fourth-order valence-electron chi connectivity index (χ4n) is 2.12. The van der Waals surface area contributed by atoms with Gasteiger partial charge in [0.15, 0.2) is 0 Å². The molecule has 0 aliphatic carbocycles. The van der Waals surface area contributed by atoms with Gasteiger partial charge in [-0.3, -0.25) is 10.7 Å². The summed E-state index contributed by atoms with van der Waals surface area (Å²) in [6.07, 6.45) is 3.46. The Labute approximate surface area is 100 Å². The highest BCUT2D eigenvalue weighted by atomic mass is 16.2. The molecule has 1 aromatic rings. The number of aromatic nitrogens is 2. The van der Waals surface area contributed by atoms with Crippen molar-refractivity contribution in [1.82, 2.24) is 19.8 Å². The van der Waals surface area contributed by atoms with E-state index in [1.807, 2.05) is 11.5 Å². The topological polar surface area (TPSA) is 74.0 Å². The molecule has 6 nitrogen and oxygen atoms in total. The molecule has 6 heteroatoms. The smallest absolute Gasteiger partial charge is 0.323 e. The van der Waals surface area contributed by atoms with E-state index < -0.39 is 0 Å². The Morgan fingerprint density at radius 1 is 1.59 bits per heavy atom. The predicted molar refractivity (Wildman–Crippen MR) is 64.0 cm³/mol. The van der Waals surface area contributed by atoms with Crippen LogP contribution in [0.5, 0.6) is 0 Å². The molecular weight excluding hydrogens is 218 g/mol. The molecule has 1 aliphatic heterocycles. The van der Waals surface area contributed by atoms with Crippen molar-refractivity contribution in [2.45, 2.75) is 32.9 Å². The quantitative estimate of drug-likeness (QED) is 0.833. The van der Waals surface area contributed by atoms with Crippen LogP contribution < -0.4 is 5.32 Å². The molecule has 1 aliphatic rings. The average Bonchev–Trinajstić information content (AvgIpc) is 2.81. The molecule has 1 unspecified atom stereocenters. The van der Waals surface area contributed by atoms with Crippen molar-refractivity contribution < 1.29 is 4.79 Å². The van der Waals surface area contributed by atoms with Crippen LogP contribution in [0.4, 0.5) is 4.79 Å². The van der Waals surface area contributed by atoms with E-state index >= 15 is 0 Å². The van der Waals surface area contributed by atoms with Gasteiger partial charge in [-0.1, -0.05) is 0 Å². The van der Waals surface area contributed by atoms with Crippen molar-refractivity contribution in [3.63, 3.8) is 0 Å². The molecule has 0 aromatic carbocycles. The number of nitrogens with zero attached hydrogens (tertiary/aromatic N) is 3. The molecule has 92 valence electrons. The summed E-state index contributed by atoms with van der Waals surface area (Å²) in [5.41, 5.74) is 0.880. The molecular formula is C11H17N5O. The van der Waals surface area contributed by atoms with Crippen LogP contribution in [0, 0.1) is 5.41 Å². The van der Waals surface area contributed by atoms with Crippen molar-refractivity contribution in [2.75, 3.05) is 6.54 Å². The second kappa shape index (κ2) is 4.20. The number of likely N-dealkylation sites (N-methyl/N-ethyl adjacent to an activating group) is 1. The van der Waals surface area contributed by atoms with Crippen molar-refractivity contribution in [2.24, 2.45) is 0 Å². The number of nitrogens with one attached hydrogen (secondary N) is 2. The van der Waals surface area contributed by atoms with Crippen LogP contribution in [0.3, 0.4) is 0 Å². The van der Waals surface area contributed by atoms with Crippen LogP contribution in [0.25, 0.3) is 0 Å². The largest absolute Gasteiger partial charge is 0.330 e. The molecule has 1 atom stereocenters. The van der Waals surface area contributed by atoms with Crippen molar-refractivity contribution >= 4 is 11.9 Å². The van der Waals surface area contributed by atoms with Crippen LogP contribution in [0.1, 0.15) is 38.5 Å². The van der Waals surface area contributed by atoms with Gasteiger partial charge in [0, 0.05) is 12.6 Å². The lowest BCUT2D eigenvalue weighted by Gasteiger charge is -2.23. The van der Waals surface area contributed by atoms with Gasteiger partial charge in [0.2, 0.25) is 0 Å². The van der Waals surface area contributed by atoms with E-state index in [-0.39, 0.29) is 24.0 Å². The van der Waals surface area contributed by atoms with Gasteiger partial charge in [-0.05, 0) is 20.8 Å². The normalized spacial score (nSPS) is 20.2. The van der Waals surface area contributed by atoms with Crippen LogP contribution in [0.2, 0.25) is 0 Å². The Morgan fingerprint density at radius 2 is 2.29 bits per heavy atom. The Kier molecular flexibility index (Phi) is 2.87. The number of hydrogen-bond donors (Lipinski definition) is 2. The highest BCUT2D eigenvalue weighted by Crippen LogP contribution is 2.27. The number of amidine groups is 1. The van der Waals surface area contributed by atoms with Crippen LogP contribution in [0.15, 0.2) is 12.5 Å². The lowest BCUT2D eigenvalue weighted by Crippen LogP contribution is -2.30. The van der Waals surface area contributed by atoms with E-state index in [2.05, 4.69) is 24.1 Å². The molecule has 2 amide bonds. The maximum atomic E-state index is 11.6. The average molecular weight is 235 g/mol. The summed E-state index contributed by atoms with van der Waals surface area (Å²) in [6, 6.07) is -0.286. The van der Waals surface area contributed by atoms with Crippen LogP contribution in [-0.2, 0) is 0 Å². The van der Waals surface area contributed by atoms with Crippen molar-refractivity contribution in [3.05, 3.63) is 18.2 Å². The van der Waals surface area contributed by atoms with Gasteiger partial charge in [-0.25, -0.2) is 9.78 Å². The molecule has 0 spiro atoms. The van der Waals surface area contributed by atoms with E-state index in [0.29, 0.717) is 6.54 Å². The summed E-state index contributed by atoms with van der Waals surface area (Å²) in [7, 11) is 0. The summed E-state index contributed by atoms with van der Waals surface area (Å²) in [5, 5.41) is 10.4. The number of imidazole rings is 1. The molecule has 0 radical (unpaired) electrons. The minimum atomic E-state index is -0.336. The van der Waals surface area contributed by atoms with E-state index in [1.54, 1.807) is 17.4 Å². The predicted octanol–water partition coefficient (Wildman–Crippen LogP) is 1.53. The van der Waals surface area contributed by atoms with E-state index in [4.69, 9.17) is 5.41 Å². The first-order valence-corrected chi connectivity index (χ1v) is 5.74. The van der Waals surface area contributed by atoms with Gasteiger partial charge in [0.25, 0.3) is 0 Å².